The van der Waals surface area contributed by atoms with Gasteiger partial charge in [-0.25, -0.2) is 0 Å². The molecule has 1 heterocycles. The minimum Gasteiger partial charge on any atom is -0.377 e. The van der Waals surface area contributed by atoms with Crippen molar-refractivity contribution in [3.8, 4) is 0 Å². The van der Waals surface area contributed by atoms with Crippen LogP contribution in [-0.2, 0) is 16.0 Å². The molecule has 0 saturated heterocycles. The smallest absolute Gasteiger partial charge is 0.172 e. The van der Waals surface area contributed by atoms with Gasteiger partial charge >= 0.3 is 0 Å². The van der Waals surface area contributed by atoms with Crippen LogP contribution in [0.15, 0.2) is 17.5 Å². The first-order valence-electron chi connectivity index (χ1n) is 4.94. The summed E-state index contributed by atoms with van der Waals surface area (Å²) in [6.45, 7) is 1.60. The second-order valence-electron chi connectivity index (χ2n) is 3.54. The summed E-state index contributed by atoms with van der Waals surface area (Å²) in [5, 5.41) is 2.07. The maximum Gasteiger partial charge on any atom is 0.172 e. The third-order valence-electron chi connectivity index (χ3n) is 2.07. The van der Waals surface area contributed by atoms with Gasteiger partial charge in [-0.2, -0.15) is 0 Å². The van der Waals surface area contributed by atoms with Gasteiger partial charge in [0.1, 0.15) is 6.61 Å². The Bertz CT molecular complexity index is 285. The highest BCUT2D eigenvalue weighted by Gasteiger charge is 2.06. The molecule has 1 aromatic heterocycles. The number of thiophene rings is 1. The van der Waals surface area contributed by atoms with Gasteiger partial charge in [0.2, 0.25) is 0 Å². The highest BCUT2D eigenvalue weighted by atomic mass is 32.1. The Morgan fingerprint density at radius 2 is 2.40 bits per heavy atom. The van der Waals surface area contributed by atoms with E-state index in [-0.39, 0.29) is 12.4 Å². The second-order valence-corrected chi connectivity index (χ2v) is 4.57. The average Bonchev–Trinajstić information content (AvgIpc) is 2.67. The normalized spacial score (nSPS) is 10.9. The molecular formula is C11H17NO2S. The maximum atomic E-state index is 11.3. The Kier molecular flexibility index (Phi) is 5.53. The Morgan fingerprint density at radius 3 is 3.00 bits per heavy atom. The number of ether oxygens (including phenoxy) is 1. The Balaban J connectivity index is 2.18. The van der Waals surface area contributed by atoms with E-state index in [0.717, 1.165) is 13.0 Å². The summed E-state index contributed by atoms with van der Waals surface area (Å²) >= 11 is 1.76. The van der Waals surface area contributed by atoms with Crippen molar-refractivity contribution in [2.45, 2.75) is 6.42 Å². The number of hydrogen-bond donors (Lipinski definition) is 0. The fraction of sp³-hybridized carbons (Fsp3) is 0.545. The van der Waals surface area contributed by atoms with Gasteiger partial charge in [0.15, 0.2) is 5.78 Å². The zero-order valence-corrected chi connectivity index (χ0v) is 10.0. The number of methoxy groups -OCH3 is 1. The molecule has 0 aliphatic rings. The molecule has 0 radical (unpaired) electrons. The number of hydrogen-bond acceptors (Lipinski definition) is 4. The molecule has 0 aliphatic heterocycles. The third-order valence-corrected chi connectivity index (χ3v) is 3.01. The molecule has 0 amide bonds. The van der Waals surface area contributed by atoms with Crippen molar-refractivity contribution in [1.82, 2.24) is 4.90 Å². The van der Waals surface area contributed by atoms with Crippen LogP contribution in [-0.4, -0.2) is 44.5 Å². The van der Waals surface area contributed by atoms with Crippen molar-refractivity contribution in [2.24, 2.45) is 0 Å². The molecule has 84 valence electrons. The van der Waals surface area contributed by atoms with E-state index in [2.05, 4.69) is 17.5 Å². The molecule has 1 aromatic rings. The molecule has 0 bridgehead atoms. The molecule has 0 N–H and O–H groups in total. The van der Waals surface area contributed by atoms with Crippen molar-refractivity contribution in [3.63, 3.8) is 0 Å². The van der Waals surface area contributed by atoms with Crippen LogP contribution in [0.3, 0.4) is 0 Å². The Morgan fingerprint density at radius 1 is 1.60 bits per heavy atom. The number of Topliss-reactive ketones (excluding diaryl/α,β-unsaturated/α-hetero) is 1. The Hall–Kier alpha value is -0.710. The highest BCUT2D eigenvalue weighted by molar-refractivity contribution is 7.09. The minimum absolute atomic E-state index is 0.131. The van der Waals surface area contributed by atoms with Gasteiger partial charge in [-0.3, -0.25) is 9.69 Å². The van der Waals surface area contributed by atoms with Crippen LogP contribution in [0.1, 0.15) is 4.88 Å². The fourth-order valence-corrected chi connectivity index (χ4v) is 2.04. The summed E-state index contributed by atoms with van der Waals surface area (Å²) in [4.78, 5) is 14.6. The van der Waals surface area contributed by atoms with E-state index in [1.54, 1.807) is 18.4 Å². The van der Waals surface area contributed by atoms with Crippen molar-refractivity contribution in [2.75, 3.05) is 33.9 Å². The van der Waals surface area contributed by atoms with E-state index in [0.29, 0.717) is 6.54 Å². The fourth-order valence-electron chi connectivity index (χ4n) is 1.34. The van der Waals surface area contributed by atoms with Crippen LogP contribution in [0, 0.1) is 0 Å². The largest absolute Gasteiger partial charge is 0.377 e. The number of nitrogens with zero attached hydrogens (tertiary/aromatic N) is 1. The first-order chi connectivity index (χ1) is 7.22. The zero-order chi connectivity index (χ0) is 11.1. The lowest BCUT2D eigenvalue weighted by atomic mass is 10.3. The summed E-state index contributed by atoms with van der Waals surface area (Å²) in [6.07, 6.45) is 1.01. The summed E-state index contributed by atoms with van der Waals surface area (Å²) in [5.41, 5.74) is 0. The van der Waals surface area contributed by atoms with Crippen LogP contribution < -0.4 is 0 Å². The molecular weight excluding hydrogens is 210 g/mol. The van der Waals surface area contributed by atoms with Crippen molar-refractivity contribution in [1.29, 1.82) is 0 Å². The van der Waals surface area contributed by atoms with Crippen LogP contribution in [0.2, 0.25) is 0 Å². The Labute approximate surface area is 94.7 Å². The monoisotopic (exact) mass is 227 g/mol. The zero-order valence-electron chi connectivity index (χ0n) is 9.23. The molecule has 1 rings (SSSR count). The van der Waals surface area contributed by atoms with E-state index in [4.69, 9.17) is 4.74 Å². The van der Waals surface area contributed by atoms with Crippen LogP contribution in [0.5, 0.6) is 0 Å². The van der Waals surface area contributed by atoms with Gasteiger partial charge in [-0.1, -0.05) is 6.07 Å². The molecule has 15 heavy (non-hydrogen) atoms. The number of likely N-dealkylation sites (N-methyl/N-ethyl adjacent to an activating group) is 1. The lowest BCUT2D eigenvalue weighted by Gasteiger charge is -2.14. The third kappa shape index (κ3) is 5.06. The lowest BCUT2D eigenvalue weighted by molar-refractivity contribution is -0.123. The topological polar surface area (TPSA) is 29.5 Å². The molecule has 0 fully saturated rings. The first-order valence-corrected chi connectivity index (χ1v) is 5.82. The van der Waals surface area contributed by atoms with Gasteiger partial charge in [0.25, 0.3) is 0 Å². The summed E-state index contributed by atoms with van der Waals surface area (Å²) in [7, 11) is 3.50. The molecule has 0 aromatic carbocycles. The number of rotatable bonds is 7. The lowest BCUT2D eigenvalue weighted by Crippen LogP contribution is -2.29. The van der Waals surface area contributed by atoms with E-state index < -0.39 is 0 Å². The summed E-state index contributed by atoms with van der Waals surface area (Å²) in [5.74, 6) is 0.131. The maximum absolute atomic E-state index is 11.3. The quantitative estimate of drug-likeness (QED) is 0.706. The second kappa shape index (κ2) is 6.71. The molecule has 0 saturated carbocycles. The molecule has 0 unspecified atom stereocenters. The number of carbonyl (C=O) groups is 1. The van der Waals surface area contributed by atoms with Crippen molar-refractivity contribution in [3.05, 3.63) is 22.4 Å². The van der Waals surface area contributed by atoms with Crippen molar-refractivity contribution >= 4 is 17.1 Å². The summed E-state index contributed by atoms with van der Waals surface area (Å²) < 4.78 is 4.78. The molecule has 0 spiro atoms. The van der Waals surface area contributed by atoms with Crippen LogP contribution in [0.4, 0.5) is 0 Å². The molecule has 3 nitrogen and oxygen atoms in total. The number of carbonyl (C=O) groups excluding carboxylic acids is 1. The SMILES string of the molecule is COCC(=O)CN(C)CCc1cccs1. The standard InChI is InChI=1S/C11H17NO2S/c1-12(8-10(13)9-14-2)6-5-11-4-3-7-15-11/h3-4,7H,5-6,8-9H2,1-2H3. The van der Waals surface area contributed by atoms with E-state index in [9.17, 15) is 4.79 Å². The predicted molar refractivity (Wildman–Crippen MR) is 62.4 cm³/mol. The van der Waals surface area contributed by atoms with Gasteiger partial charge in [0, 0.05) is 18.5 Å². The molecule has 0 atom stereocenters. The van der Waals surface area contributed by atoms with Gasteiger partial charge in [0.05, 0.1) is 6.54 Å². The van der Waals surface area contributed by atoms with E-state index >= 15 is 0 Å². The predicted octanol–water partition coefficient (Wildman–Crippen LogP) is 1.44. The van der Waals surface area contributed by atoms with Gasteiger partial charge in [-0.15, -0.1) is 11.3 Å². The van der Waals surface area contributed by atoms with E-state index in [1.807, 2.05) is 11.9 Å². The van der Waals surface area contributed by atoms with Crippen LogP contribution >= 0.6 is 11.3 Å². The van der Waals surface area contributed by atoms with Gasteiger partial charge < -0.3 is 4.74 Å². The van der Waals surface area contributed by atoms with Crippen LogP contribution in [0.25, 0.3) is 0 Å². The first kappa shape index (κ1) is 12.4. The van der Waals surface area contributed by atoms with E-state index in [1.165, 1.54) is 4.88 Å². The molecule has 0 aliphatic carbocycles. The minimum atomic E-state index is 0.131. The average molecular weight is 227 g/mol. The molecule has 4 heteroatoms. The highest BCUT2D eigenvalue weighted by Crippen LogP contribution is 2.09. The summed E-state index contributed by atoms with van der Waals surface area (Å²) in [6, 6.07) is 4.17. The van der Waals surface area contributed by atoms with Crippen molar-refractivity contribution < 1.29 is 9.53 Å². The van der Waals surface area contributed by atoms with Gasteiger partial charge in [-0.05, 0) is 24.9 Å². The number of ketones is 1.